The van der Waals surface area contributed by atoms with Crippen molar-refractivity contribution in [2.75, 3.05) is 0 Å². The van der Waals surface area contributed by atoms with Gasteiger partial charge in [0.05, 0.1) is 0 Å². The van der Waals surface area contributed by atoms with E-state index in [9.17, 15) is 0 Å². The molecule has 2 aromatic heterocycles. The Kier molecular flexibility index (Phi) is 8.19. The third-order valence-corrected chi connectivity index (χ3v) is 6.07. The van der Waals surface area contributed by atoms with E-state index >= 15 is 0 Å². The smallest absolute Gasteiger partial charge is 0.178 e. The average Bonchev–Trinajstić information content (AvgIpc) is 2.72. The van der Waals surface area contributed by atoms with Crippen LogP contribution in [0.1, 0.15) is 59.3 Å². The Morgan fingerprint density at radius 1 is 0.533 bits per heavy atom. The molecule has 3 aromatic rings. The standard InChI is InChI=1S/C28H38N2/c1-23-15-19-29(25(3)21-23)17-7-5-9-27-11-13-28(14-12-27)10-6-8-18-30-20-16-24(2)22-26(30)4/h11-16,19-22H,5-10,17-18H2,1-4H3/q+2. The van der Waals surface area contributed by atoms with Crippen molar-refractivity contribution in [3.8, 4) is 0 Å². The molecular formula is C28H38N2+2. The molecule has 0 aliphatic carbocycles. The van der Waals surface area contributed by atoms with Crippen molar-refractivity contribution in [2.24, 2.45) is 0 Å². The first-order valence-electron chi connectivity index (χ1n) is 11.5. The van der Waals surface area contributed by atoms with Gasteiger partial charge in [0, 0.05) is 51.0 Å². The second-order valence-corrected chi connectivity index (χ2v) is 8.81. The number of rotatable bonds is 10. The third-order valence-electron chi connectivity index (χ3n) is 6.07. The predicted octanol–water partition coefficient (Wildman–Crippen LogP) is 5.54. The van der Waals surface area contributed by atoms with Crippen LogP contribution in [-0.2, 0) is 25.9 Å². The molecule has 0 saturated heterocycles. The highest BCUT2D eigenvalue weighted by Crippen LogP contribution is 2.11. The molecule has 0 atom stereocenters. The van der Waals surface area contributed by atoms with Crippen molar-refractivity contribution >= 4 is 0 Å². The molecule has 0 amide bonds. The number of hydrogen-bond acceptors (Lipinski definition) is 0. The van der Waals surface area contributed by atoms with E-state index in [0.717, 1.165) is 13.1 Å². The second kappa shape index (κ2) is 11.1. The molecule has 0 spiro atoms. The van der Waals surface area contributed by atoms with Crippen molar-refractivity contribution in [2.45, 2.75) is 79.3 Å². The lowest BCUT2D eigenvalue weighted by Gasteiger charge is -2.05. The average molecular weight is 403 g/mol. The van der Waals surface area contributed by atoms with Gasteiger partial charge in [-0.25, -0.2) is 9.13 Å². The van der Waals surface area contributed by atoms with Crippen molar-refractivity contribution in [1.82, 2.24) is 0 Å². The number of aryl methyl sites for hydroxylation is 8. The van der Waals surface area contributed by atoms with E-state index in [-0.39, 0.29) is 0 Å². The Labute approximate surface area is 183 Å². The SMILES string of the molecule is Cc1cc[n+](CCCCc2ccc(CCCC[n+]3ccc(C)cc3C)cc2)c(C)c1. The minimum absolute atomic E-state index is 1.11. The lowest BCUT2D eigenvalue weighted by Crippen LogP contribution is -2.36. The zero-order valence-electron chi connectivity index (χ0n) is 19.3. The summed E-state index contributed by atoms with van der Waals surface area (Å²) < 4.78 is 4.74. The molecule has 0 bridgehead atoms. The summed E-state index contributed by atoms with van der Waals surface area (Å²) in [7, 11) is 0. The molecule has 2 nitrogen and oxygen atoms in total. The van der Waals surface area contributed by atoms with Gasteiger partial charge in [0.25, 0.3) is 0 Å². The number of nitrogens with zero attached hydrogens (tertiary/aromatic N) is 2. The van der Waals surface area contributed by atoms with Crippen LogP contribution in [0.15, 0.2) is 60.9 Å². The molecule has 0 N–H and O–H groups in total. The van der Waals surface area contributed by atoms with Gasteiger partial charge in [0.15, 0.2) is 23.8 Å². The van der Waals surface area contributed by atoms with E-state index in [1.807, 2.05) is 0 Å². The van der Waals surface area contributed by atoms with Crippen LogP contribution in [0.3, 0.4) is 0 Å². The molecule has 0 aliphatic rings. The van der Waals surface area contributed by atoms with Crippen LogP contribution in [0, 0.1) is 27.7 Å². The van der Waals surface area contributed by atoms with Crippen LogP contribution in [0.5, 0.6) is 0 Å². The lowest BCUT2D eigenvalue weighted by atomic mass is 10.0. The molecule has 2 heteroatoms. The summed E-state index contributed by atoms with van der Waals surface area (Å²) in [6.07, 6.45) is 11.7. The van der Waals surface area contributed by atoms with E-state index in [0.29, 0.717) is 0 Å². The first-order valence-corrected chi connectivity index (χ1v) is 11.5. The first-order chi connectivity index (χ1) is 14.5. The molecule has 3 rings (SSSR count). The summed E-state index contributed by atoms with van der Waals surface area (Å²) in [6.45, 7) is 10.9. The normalized spacial score (nSPS) is 11.1. The molecule has 158 valence electrons. The summed E-state index contributed by atoms with van der Waals surface area (Å²) in [4.78, 5) is 0. The number of benzene rings is 1. The molecule has 30 heavy (non-hydrogen) atoms. The van der Waals surface area contributed by atoms with Crippen molar-refractivity contribution in [3.63, 3.8) is 0 Å². The van der Waals surface area contributed by atoms with Gasteiger partial charge in [-0.05, 0) is 61.8 Å². The molecule has 0 unspecified atom stereocenters. The molecule has 2 heterocycles. The maximum atomic E-state index is 2.37. The van der Waals surface area contributed by atoms with Gasteiger partial charge in [0.1, 0.15) is 13.1 Å². The number of unbranched alkanes of at least 4 members (excludes halogenated alkanes) is 2. The first kappa shape index (κ1) is 22.2. The topological polar surface area (TPSA) is 7.76 Å². The van der Waals surface area contributed by atoms with Crippen LogP contribution >= 0.6 is 0 Å². The predicted molar refractivity (Wildman–Crippen MR) is 125 cm³/mol. The second-order valence-electron chi connectivity index (χ2n) is 8.81. The Morgan fingerprint density at radius 2 is 0.933 bits per heavy atom. The van der Waals surface area contributed by atoms with Gasteiger partial charge >= 0.3 is 0 Å². The van der Waals surface area contributed by atoms with Crippen molar-refractivity contribution in [1.29, 1.82) is 0 Å². The highest BCUT2D eigenvalue weighted by molar-refractivity contribution is 5.22. The van der Waals surface area contributed by atoms with Gasteiger partial charge in [0.2, 0.25) is 0 Å². The molecular weight excluding hydrogens is 364 g/mol. The summed E-state index contributed by atoms with van der Waals surface area (Å²) in [5.74, 6) is 0. The number of aromatic nitrogens is 2. The quantitative estimate of drug-likeness (QED) is 0.311. The van der Waals surface area contributed by atoms with Gasteiger partial charge in [-0.3, -0.25) is 0 Å². The Morgan fingerprint density at radius 3 is 1.30 bits per heavy atom. The zero-order valence-corrected chi connectivity index (χ0v) is 19.3. The summed E-state index contributed by atoms with van der Waals surface area (Å²) in [5, 5.41) is 0. The maximum Gasteiger partial charge on any atom is 0.178 e. The van der Waals surface area contributed by atoms with Gasteiger partial charge in [-0.2, -0.15) is 0 Å². The zero-order chi connectivity index (χ0) is 21.3. The van der Waals surface area contributed by atoms with E-state index in [4.69, 9.17) is 0 Å². The number of hydrogen-bond donors (Lipinski definition) is 0. The monoisotopic (exact) mass is 402 g/mol. The van der Waals surface area contributed by atoms with Crippen LogP contribution in [0.4, 0.5) is 0 Å². The molecule has 0 radical (unpaired) electrons. The van der Waals surface area contributed by atoms with E-state index < -0.39 is 0 Å². The Bertz CT molecular complexity index is 863. The fourth-order valence-electron chi connectivity index (χ4n) is 4.17. The summed E-state index contributed by atoms with van der Waals surface area (Å²) in [5.41, 5.74) is 8.33. The Hall–Kier alpha value is -2.48. The minimum Gasteiger partial charge on any atom is -0.203 e. The van der Waals surface area contributed by atoms with Gasteiger partial charge < -0.3 is 0 Å². The summed E-state index contributed by atoms with van der Waals surface area (Å²) in [6, 6.07) is 18.3. The highest BCUT2D eigenvalue weighted by atomic mass is 14.9. The molecule has 1 aromatic carbocycles. The third kappa shape index (κ3) is 6.79. The van der Waals surface area contributed by atoms with Crippen molar-refractivity contribution in [3.05, 3.63) is 94.6 Å². The van der Waals surface area contributed by atoms with Crippen LogP contribution < -0.4 is 9.13 Å². The molecule has 0 saturated carbocycles. The van der Waals surface area contributed by atoms with E-state index in [1.165, 1.54) is 72.2 Å². The summed E-state index contributed by atoms with van der Waals surface area (Å²) >= 11 is 0. The van der Waals surface area contributed by atoms with Crippen LogP contribution in [0.25, 0.3) is 0 Å². The van der Waals surface area contributed by atoms with Crippen LogP contribution in [-0.4, -0.2) is 0 Å². The lowest BCUT2D eigenvalue weighted by molar-refractivity contribution is -0.703. The van der Waals surface area contributed by atoms with Gasteiger partial charge in [-0.1, -0.05) is 24.3 Å². The maximum absolute atomic E-state index is 2.37. The fraction of sp³-hybridized carbons (Fsp3) is 0.429. The molecule has 0 fully saturated rings. The fourth-order valence-corrected chi connectivity index (χ4v) is 4.17. The largest absolute Gasteiger partial charge is 0.203 e. The minimum atomic E-state index is 1.11. The number of pyridine rings is 2. The van der Waals surface area contributed by atoms with E-state index in [1.54, 1.807) is 0 Å². The van der Waals surface area contributed by atoms with Gasteiger partial charge in [-0.15, -0.1) is 0 Å². The van der Waals surface area contributed by atoms with E-state index in [2.05, 4.69) is 97.8 Å². The van der Waals surface area contributed by atoms with Crippen LogP contribution in [0.2, 0.25) is 0 Å². The van der Waals surface area contributed by atoms with Crippen molar-refractivity contribution < 1.29 is 9.13 Å². The molecule has 0 aliphatic heterocycles. The Balaban J connectivity index is 1.35. The highest BCUT2D eigenvalue weighted by Gasteiger charge is 2.07.